The van der Waals surface area contributed by atoms with Crippen molar-refractivity contribution in [3.63, 3.8) is 0 Å². The van der Waals surface area contributed by atoms with Gasteiger partial charge in [0, 0.05) is 5.56 Å². The van der Waals surface area contributed by atoms with Crippen LogP contribution in [0.2, 0.25) is 0 Å². The van der Waals surface area contributed by atoms with Gasteiger partial charge in [-0.1, -0.05) is 94.9 Å². The van der Waals surface area contributed by atoms with Gasteiger partial charge in [0.05, 0.1) is 10.3 Å². The van der Waals surface area contributed by atoms with E-state index in [2.05, 4.69) is 32.6 Å². The van der Waals surface area contributed by atoms with Crippen molar-refractivity contribution < 1.29 is 9.90 Å². The molecule has 0 bridgehead atoms. The molecule has 1 heterocycles. The Kier molecular flexibility index (Phi) is 5.01. The average Bonchev–Trinajstić information content (AvgIpc) is 2.93. The van der Waals surface area contributed by atoms with Crippen molar-refractivity contribution in [2.24, 2.45) is 9.98 Å². The first-order valence-electron chi connectivity index (χ1n) is 7.34. The van der Waals surface area contributed by atoms with Crippen molar-refractivity contribution in [1.82, 2.24) is 0 Å². The molecule has 1 N–H and O–H groups in total. The van der Waals surface area contributed by atoms with Crippen LogP contribution in [0, 0.1) is 0 Å². The van der Waals surface area contributed by atoms with Gasteiger partial charge >= 0.3 is 5.97 Å². The summed E-state index contributed by atoms with van der Waals surface area (Å²) >= 11 is 8.64. The van der Waals surface area contributed by atoms with E-state index < -0.39 is 11.5 Å². The van der Waals surface area contributed by atoms with Crippen molar-refractivity contribution in [2.75, 3.05) is 0 Å². The third kappa shape index (κ3) is 3.23. The van der Waals surface area contributed by atoms with E-state index in [-0.39, 0.29) is 15.5 Å². The summed E-state index contributed by atoms with van der Waals surface area (Å²) in [5.41, 5.74) is 0.686. The minimum Gasteiger partial charge on any atom is -0.481 e. The van der Waals surface area contributed by atoms with Crippen LogP contribution in [0.3, 0.4) is 0 Å². The topological polar surface area (TPSA) is 62.0 Å². The predicted molar refractivity (Wildman–Crippen MR) is 104 cm³/mol. The molecule has 0 aliphatic carbocycles. The second-order valence-corrected chi connectivity index (χ2v) is 7.08. The molecule has 0 saturated carbocycles. The van der Waals surface area contributed by atoms with E-state index in [9.17, 15) is 9.90 Å². The first-order valence-corrected chi connectivity index (χ1v) is 8.96. The van der Waals surface area contributed by atoms with Gasteiger partial charge in [-0.05, 0) is 5.56 Å². The number of hydrogen-bond donors (Lipinski definition) is 1. The molecule has 24 heavy (non-hydrogen) atoms. The minimum absolute atomic E-state index is 0.214. The number of nitrogens with zero attached hydrogens (tertiary/aromatic N) is 2. The van der Waals surface area contributed by atoms with Gasteiger partial charge in [-0.25, -0.2) is 9.98 Å². The van der Waals surface area contributed by atoms with Gasteiger partial charge < -0.3 is 5.11 Å². The molecule has 2 aromatic carbocycles. The Bertz CT molecular complexity index is 808. The molecule has 6 heteroatoms. The summed E-state index contributed by atoms with van der Waals surface area (Å²) in [4.78, 5) is 20.6. The Morgan fingerprint density at radius 1 is 1.12 bits per heavy atom. The summed E-state index contributed by atoms with van der Waals surface area (Å²) in [6.07, 6.45) is -0.214. The lowest BCUT2D eigenvalue weighted by atomic mass is 9.89. The molecule has 1 aliphatic rings. The monoisotopic (exact) mass is 452 g/mol. The van der Waals surface area contributed by atoms with Crippen molar-refractivity contribution in [3.05, 3.63) is 71.8 Å². The lowest BCUT2D eigenvalue weighted by molar-refractivity contribution is -0.137. The van der Waals surface area contributed by atoms with Crippen LogP contribution < -0.4 is 0 Å². The van der Waals surface area contributed by atoms with Crippen LogP contribution in [-0.2, 0) is 4.79 Å². The molecule has 2 atom stereocenters. The third-order valence-corrected chi connectivity index (χ3v) is 5.99. The van der Waals surface area contributed by atoms with E-state index in [4.69, 9.17) is 11.6 Å². The van der Waals surface area contributed by atoms with Gasteiger partial charge in [-0.15, -0.1) is 0 Å². The number of hydrogen-bond acceptors (Lipinski definition) is 3. The molecule has 0 amide bonds. The number of carboxylic acids is 1. The SMILES string of the molecule is O=C(O)CC1(C(I)c2ccccc2)N=C(c2ccccc2)N=C1Cl. The van der Waals surface area contributed by atoms with Gasteiger partial charge in [0.15, 0.2) is 5.84 Å². The average molecular weight is 453 g/mol. The highest BCUT2D eigenvalue weighted by Gasteiger charge is 2.48. The Hall–Kier alpha value is -1.73. The van der Waals surface area contributed by atoms with E-state index in [0.717, 1.165) is 11.1 Å². The number of carbonyl (C=O) groups is 1. The van der Waals surface area contributed by atoms with Crippen molar-refractivity contribution in [1.29, 1.82) is 0 Å². The maximum atomic E-state index is 11.5. The molecule has 3 rings (SSSR count). The number of aliphatic carboxylic acids is 1. The van der Waals surface area contributed by atoms with Gasteiger partial charge in [0.25, 0.3) is 0 Å². The van der Waals surface area contributed by atoms with E-state index in [0.29, 0.717) is 5.84 Å². The Morgan fingerprint density at radius 3 is 2.29 bits per heavy atom. The number of carboxylic acid groups (broad SMARTS) is 1. The summed E-state index contributed by atoms with van der Waals surface area (Å²) < 4.78 is -0.245. The quantitative estimate of drug-likeness (QED) is 0.537. The zero-order chi connectivity index (χ0) is 17.2. The lowest BCUT2D eigenvalue weighted by Gasteiger charge is -2.29. The molecule has 0 fully saturated rings. The first kappa shape index (κ1) is 17.1. The van der Waals surface area contributed by atoms with Crippen molar-refractivity contribution in [2.45, 2.75) is 15.9 Å². The fraction of sp³-hybridized carbons (Fsp3) is 0.167. The Balaban J connectivity index is 2.09. The highest BCUT2D eigenvalue weighted by Crippen LogP contribution is 2.45. The van der Waals surface area contributed by atoms with Crippen LogP contribution in [0.25, 0.3) is 0 Å². The fourth-order valence-corrected chi connectivity index (χ4v) is 4.21. The highest BCUT2D eigenvalue weighted by atomic mass is 127. The van der Waals surface area contributed by atoms with Crippen LogP contribution >= 0.6 is 34.2 Å². The van der Waals surface area contributed by atoms with Gasteiger partial charge in [0.1, 0.15) is 10.7 Å². The van der Waals surface area contributed by atoms with Crippen LogP contribution in [0.15, 0.2) is 70.6 Å². The summed E-state index contributed by atoms with van der Waals surface area (Å²) in [5.74, 6) is -0.488. The van der Waals surface area contributed by atoms with Gasteiger partial charge in [-0.2, -0.15) is 0 Å². The highest BCUT2D eigenvalue weighted by molar-refractivity contribution is 14.1. The molecular formula is C18H14ClIN2O2. The molecule has 0 saturated heterocycles. The van der Waals surface area contributed by atoms with E-state index in [1.165, 1.54) is 0 Å². The predicted octanol–water partition coefficient (Wildman–Crippen LogP) is 4.47. The largest absolute Gasteiger partial charge is 0.481 e. The van der Waals surface area contributed by atoms with Crippen molar-refractivity contribution >= 4 is 51.2 Å². The first-order chi connectivity index (χ1) is 11.5. The smallest absolute Gasteiger partial charge is 0.306 e. The van der Waals surface area contributed by atoms with Crippen LogP contribution in [0.1, 0.15) is 21.5 Å². The molecular weight excluding hydrogens is 439 g/mol. The lowest BCUT2D eigenvalue weighted by Crippen LogP contribution is -2.38. The van der Waals surface area contributed by atoms with Gasteiger partial charge in [0.2, 0.25) is 0 Å². The number of alkyl halides is 1. The van der Waals surface area contributed by atoms with Gasteiger partial charge in [-0.3, -0.25) is 4.79 Å². The molecule has 0 aromatic heterocycles. The molecule has 1 aliphatic heterocycles. The van der Waals surface area contributed by atoms with E-state index >= 15 is 0 Å². The van der Waals surface area contributed by atoms with E-state index in [1.807, 2.05) is 60.7 Å². The molecule has 2 aromatic rings. The molecule has 2 unspecified atom stereocenters. The second kappa shape index (κ2) is 7.03. The number of halogens is 2. The summed E-state index contributed by atoms with van der Waals surface area (Å²) in [5, 5.41) is 9.64. The molecule has 4 nitrogen and oxygen atoms in total. The second-order valence-electron chi connectivity index (χ2n) is 5.47. The summed E-state index contributed by atoms with van der Waals surface area (Å²) in [6.45, 7) is 0. The Labute approximate surface area is 158 Å². The maximum absolute atomic E-state index is 11.5. The number of amidine groups is 1. The summed E-state index contributed by atoms with van der Waals surface area (Å²) in [6, 6.07) is 19.1. The zero-order valence-electron chi connectivity index (χ0n) is 12.6. The molecule has 0 spiro atoms. The number of aliphatic imine (C=N–C) groups is 2. The van der Waals surface area contributed by atoms with Crippen molar-refractivity contribution in [3.8, 4) is 0 Å². The maximum Gasteiger partial charge on any atom is 0.306 e. The normalized spacial score (nSPS) is 21.1. The fourth-order valence-electron chi connectivity index (χ4n) is 2.66. The van der Waals surface area contributed by atoms with Crippen LogP contribution in [0.4, 0.5) is 0 Å². The summed E-state index contributed by atoms with van der Waals surface area (Å²) in [7, 11) is 0. The van der Waals surface area contributed by atoms with E-state index in [1.54, 1.807) is 0 Å². The van der Waals surface area contributed by atoms with Crippen LogP contribution in [-0.4, -0.2) is 27.6 Å². The number of rotatable bonds is 5. The Morgan fingerprint density at radius 2 is 1.71 bits per heavy atom. The van der Waals surface area contributed by atoms with Crippen LogP contribution in [0.5, 0.6) is 0 Å². The molecule has 0 radical (unpaired) electrons. The standard InChI is InChI=1S/C18H14ClIN2O2/c19-17-18(11-14(23)24,15(20)12-7-3-1-4-8-12)22-16(21-17)13-9-5-2-6-10-13/h1-10,15H,11H2,(H,23,24). The third-order valence-electron chi connectivity index (χ3n) is 3.83. The minimum atomic E-state index is -1.10. The number of benzene rings is 2. The zero-order valence-corrected chi connectivity index (χ0v) is 15.5. The molecule has 122 valence electrons.